The van der Waals surface area contributed by atoms with Crippen LogP contribution in [0.4, 0.5) is 9.18 Å². The molecule has 1 aromatic carbocycles. The van der Waals surface area contributed by atoms with Crippen molar-refractivity contribution in [1.82, 2.24) is 4.90 Å². The molecule has 2 aliphatic rings. The highest BCUT2D eigenvalue weighted by Gasteiger charge is 2.45. The number of hydrogen-bond acceptors (Lipinski definition) is 4. The van der Waals surface area contributed by atoms with E-state index in [-0.39, 0.29) is 35.7 Å². The molecule has 6 heteroatoms. The number of halogens is 1. The molecule has 2 saturated heterocycles. The van der Waals surface area contributed by atoms with Crippen molar-refractivity contribution in [3.05, 3.63) is 35.6 Å². The highest BCUT2D eigenvalue weighted by atomic mass is 19.1. The number of piperidine rings is 1. The van der Waals surface area contributed by atoms with E-state index in [2.05, 4.69) is 0 Å². The summed E-state index contributed by atoms with van der Waals surface area (Å²) >= 11 is 0. The molecule has 2 aliphatic heterocycles. The van der Waals surface area contributed by atoms with E-state index in [1.807, 2.05) is 20.8 Å². The van der Waals surface area contributed by atoms with Crippen LogP contribution in [0, 0.1) is 11.7 Å². The molecule has 2 unspecified atom stereocenters. The standard InChI is InChI=1S/C19H24FNO4/c1-19(2,3)25-18(23)21-15-8-13(9-16(21)11-24-10-15)17(22)12-4-6-14(20)7-5-12/h4-7,13,15-16H,8-11H2,1-3H3. The number of Topliss-reactive ketones (excluding diaryl/α,β-unsaturated/α-hetero) is 1. The Balaban J connectivity index is 1.73. The van der Waals surface area contributed by atoms with Gasteiger partial charge in [-0.15, -0.1) is 0 Å². The number of ether oxygens (including phenoxy) is 2. The lowest BCUT2D eigenvalue weighted by atomic mass is 9.81. The highest BCUT2D eigenvalue weighted by molar-refractivity contribution is 5.98. The molecule has 2 atom stereocenters. The molecule has 2 heterocycles. The molecule has 1 aromatic rings. The smallest absolute Gasteiger partial charge is 0.410 e. The number of rotatable bonds is 2. The second-order valence-electron chi connectivity index (χ2n) is 7.77. The zero-order valence-electron chi connectivity index (χ0n) is 14.8. The Morgan fingerprint density at radius 3 is 2.20 bits per heavy atom. The van der Waals surface area contributed by atoms with E-state index in [0.29, 0.717) is 31.6 Å². The van der Waals surface area contributed by atoms with Crippen LogP contribution in [-0.4, -0.2) is 47.7 Å². The van der Waals surface area contributed by atoms with Gasteiger partial charge >= 0.3 is 6.09 Å². The Morgan fingerprint density at radius 2 is 1.68 bits per heavy atom. The van der Waals surface area contributed by atoms with Gasteiger partial charge < -0.3 is 9.47 Å². The molecule has 0 aliphatic carbocycles. The number of amides is 1. The number of benzene rings is 1. The molecule has 0 saturated carbocycles. The Morgan fingerprint density at radius 1 is 1.12 bits per heavy atom. The summed E-state index contributed by atoms with van der Waals surface area (Å²) in [5.74, 6) is -0.551. The van der Waals surface area contributed by atoms with E-state index in [4.69, 9.17) is 9.47 Å². The molecule has 0 spiro atoms. The second-order valence-corrected chi connectivity index (χ2v) is 7.77. The number of ketones is 1. The van der Waals surface area contributed by atoms with Crippen LogP contribution in [-0.2, 0) is 9.47 Å². The highest BCUT2D eigenvalue weighted by Crippen LogP contribution is 2.34. The van der Waals surface area contributed by atoms with Crippen LogP contribution in [0.25, 0.3) is 0 Å². The average Bonchev–Trinajstić information content (AvgIpc) is 2.52. The molecular weight excluding hydrogens is 325 g/mol. The van der Waals surface area contributed by atoms with E-state index < -0.39 is 5.60 Å². The van der Waals surface area contributed by atoms with Crippen LogP contribution in [0.3, 0.4) is 0 Å². The molecule has 0 radical (unpaired) electrons. The van der Waals surface area contributed by atoms with Gasteiger partial charge in [-0.3, -0.25) is 9.69 Å². The van der Waals surface area contributed by atoms with Crippen LogP contribution in [0.1, 0.15) is 44.0 Å². The molecule has 2 fully saturated rings. The third kappa shape index (κ3) is 4.00. The second kappa shape index (κ2) is 6.75. The molecule has 5 nitrogen and oxygen atoms in total. The first-order valence-corrected chi connectivity index (χ1v) is 8.63. The summed E-state index contributed by atoms with van der Waals surface area (Å²) < 4.78 is 24.2. The molecule has 136 valence electrons. The maximum Gasteiger partial charge on any atom is 0.410 e. The Bertz CT molecular complexity index is 638. The first kappa shape index (κ1) is 17.9. The van der Waals surface area contributed by atoms with Crippen LogP contribution in [0.2, 0.25) is 0 Å². The van der Waals surface area contributed by atoms with Crippen molar-refractivity contribution >= 4 is 11.9 Å². The monoisotopic (exact) mass is 349 g/mol. The SMILES string of the molecule is CC(C)(C)OC(=O)N1C2COCC1CC(C(=O)c1ccc(F)cc1)C2. The van der Waals surface area contributed by atoms with Gasteiger partial charge in [0, 0.05) is 11.5 Å². The van der Waals surface area contributed by atoms with E-state index in [1.165, 1.54) is 24.3 Å². The lowest BCUT2D eigenvalue weighted by Gasteiger charge is -2.47. The topological polar surface area (TPSA) is 55.8 Å². The summed E-state index contributed by atoms with van der Waals surface area (Å²) in [7, 11) is 0. The van der Waals surface area contributed by atoms with Gasteiger partial charge in [-0.2, -0.15) is 0 Å². The van der Waals surface area contributed by atoms with E-state index in [1.54, 1.807) is 4.90 Å². The predicted octanol–water partition coefficient (Wildman–Crippen LogP) is 3.42. The van der Waals surface area contributed by atoms with Gasteiger partial charge in [-0.25, -0.2) is 9.18 Å². The van der Waals surface area contributed by atoms with Crippen molar-refractivity contribution in [2.24, 2.45) is 5.92 Å². The van der Waals surface area contributed by atoms with Crippen LogP contribution < -0.4 is 0 Å². The third-order valence-corrected chi connectivity index (χ3v) is 4.62. The molecule has 0 N–H and O–H groups in total. The van der Waals surface area contributed by atoms with Gasteiger partial charge in [-0.1, -0.05) is 0 Å². The summed E-state index contributed by atoms with van der Waals surface area (Å²) in [6, 6.07) is 5.29. The zero-order valence-corrected chi connectivity index (χ0v) is 14.8. The Labute approximate surface area is 147 Å². The molecule has 25 heavy (non-hydrogen) atoms. The molecule has 3 rings (SSSR count). The Hall–Kier alpha value is -1.95. The minimum Gasteiger partial charge on any atom is -0.444 e. The lowest BCUT2D eigenvalue weighted by molar-refractivity contribution is -0.0861. The molecule has 0 aromatic heterocycles. The summed E-state index contributed by atoms with van der Waals surface area (Å²) in [4.78, 5) is 27.0. The summed E-state index contributed by atoms with van der Waals surface area (Å²) in [6.45, 7) is 6.32. The zero-order chi connectivity index (χ0) is 18.2. The van der Waals surface area contributed by atoms with E-state index in [0.717, 1.165) is 0 Å². The van der Waals surface area contributed by atoms with Crippen molar-refractivity contribution in [2.75, 3.05) is 13.2 Å². The maximum atomic E-state index is 13.1. The molecule has 2 bridgehead atoms. The van der Waals surface area contributed by atoms with Crippen LogP contribution in [0.15, 0.2) is 24.3 Å². The predicted molar refractivity (Wildman–Crippen MR) is 89.9 cm³/mol. The fraction of sp³-hybridized carbons (Fsp3) is 0.579. The Kier molecular flexibility index (Phi) is 4.82. The number of carbonyl (C=O) groups is 2. The summed E-state index contributed by atoms with van der Waals surface area (Å²) in [5.41, 5.74) is -0.0522. The van der Waals surface area contributed by atoms with Gasteiger partial charge in [0.2, 0.25) is 0 Å². The summed E-state index contributed by atoms with van der Waals surface area (Å²) in [6.07, 6.45) is 0.719. The fourth-order valence-corrected chi connectivity index (χ4v) is 3.59. The number of nitrogens with zero attached hydrogens (tertiary/aromatic N) is 1. The van der Waals surface area contributed by atoms with Gasteiger partial charge in [0.05, 0.1) is 25.3 Å². The first-order chi connectivity index (χ1) is 11.7. The minimum atomic E-state index is -0.562. The van der Waals surface area contributed by atoms with E-state index >= 15 is 0 Å². The van der Waals surface area contributed by atoms with Crippen molar-refractivity contribution in [2.45, 2.75) is 51.3 Å². The minimum absolute atomic E-state index is 0.000684. The van der Waals surface area contributed by atoms with Crippen LogP contribution in [0.5, 0.6) is 0 Å². The normalized spacial score (nSPS) is 26.2. The quantitative estimate of drug-likeness (QED) is 0.768. The number of hydrogen-bond donors (Lipinski definition) is 0. The van der Waals surface area contributed by atoms with Gasteiger partial charge in [0.15, 0.2) is 5.78 Å². The summed E-state index contributed by atoms with van der Waals surface area (Å²) in [5, 5.41) is 0. The number of carbonyl (C=O) groups excluding carboxylic acids is 2. The number of fused-ring (bicyclic) bond motifs is 2. The van der Waals surface area contributed by atoms with Gasteiger partial charge in [-0.05, 0) is 57.9 Å². The van der Waals surface area contributed by atoms with Crippen LogP contribution >= 0.6 is 0 Å². The van der Waals surface area contributed by atoms with E-state index in [9.17, 15) is 14.0 Å². The van der Waals surface area contributed by atoms with Gasteiger partial charge in [0.25, 0.3) is 0 Å². The fourth-order valence-electron chi connectivity index (χ4n) is 3.59. The van der Waals surface area contributed by atoms with Crippen molar-refractivity contribution in [1.29, 1.82) is 0 Å². The largest absolute Gasteiger partial charge is 0.444 e. The maximum absolute atomic E-state index is 13.1. The number of morpholine rings is 1. The van der Waals surface area contributed by atoms with Gasteiger partial charge in [0.1, 0.15) is 11.4 Å². The first-order valence-electron chi connectivity index (χ1n) is 8.63. The molecule has 1 amide bonds. The van der Waals surface area contributed by atoms with Crippen molar-refractivity contribution < 1.29 is 23.5 Å². The van der Waals surface area contributed by atoms with Crippen molar-refractivity contribution in [3.63, 3.8) is 0 Å². The lowest BCUT2D eigenvalue weighted by Crippen LogP contribution is -2.60. The average molecular weight is 349 g/mol. The molecular formula is C19H24FNO4. The van der Waals surface area contributed by atoms with Crippen molar-refractivity contribution in [3.8, 4) is 0 Å². The third-order valence-electron chi connectivity index (χ3n) is 4.62.